The monoisotopic (exact) mass is 422 g/mol. The van der Waals surface area contributed by atoms with Crippen LogP contribution in [-0.4, -0.2) is 32.2 Å². The number of ketones is 1. The first-order valence-electron chi connectivity index (χ1n) is 10.1. The minimum absolute atomic E-state index is 0.00882. The van der Waals surface area contributed by atoms with Gasteiger partial charge < -0.3 is 9.88 Å². The number of rotatable bonds is 9. The highest BCUT2D eigenvalue weighted by Crippen LogP contribution is 2.26. The van der Waals surface area contributed by atoms with Gasteiger partial charge in [-0.2, -0.15) is 0 Å². The molecule has 0 radical (unpaired) electrons. The van der Waals surface area contributed by atoms with E-state index in [4.69, 9.17) is 0 Å². The summed E-state index contributed by atoms with van der Waals surface area (Å²) in [6.07, 6.45) is 1.29. The number of nitrogens with zero attached hydrogens (tertiary/aromatic N) is 3. The van der Waals surface area contributed by atoms with Gasteiger partial charge in [-0.25, -0.2) is 0 Å². The van der Waals surface area contributed by atoms with Gasteiger partial charge in [0.25, 0.3) is 0 Å². The minimum Gasteiger partial charge on any atom is -0.326 e. The van der Waals surface area contributed by atoms with Crippen molar-refractivity contribution in [3.05, 3.63) is 59.7 Å². The number of nitrogens with one attached hydrogen (secondary N) is 1. The Labute approximate surface area is 181 Å². The lowest BCUT2D eigenvalue weighted by molar-refractivity contribution is -0.116. The Kier molecular flexibility index (Phi) is 7.41. The highest BCUT2D eigenvalue weighted by molar-refractivity contribution is 7.99. The summed E-state index contributed by atoms with van der Waals surface area (Å²) in [5.41, 5.74) is 3.49. The molecule has 1 heterocycles. The maximum atomic E-state index is 12.6. The molecule has 7 heteroatoms. The Morgan fingerprint density at radius 3 is 2.43 bits per heavy atom. The van der Waals surface area contributed by atoms with E-state index in [9.17, 15) is 9.59 Å². The Balaban J connectivity index is 1.66. The fourth-order valence-electron chi connectivity index (χ4n) is 3.11. The number of benzene rings is 2. The van der Waals surface area contributed by atoms with Crippen LogP contribution in [0.3, 0.4) is 0 Å². The number of carbonyl (C=O) groups excluding carboxylic acids is 2. The zero-order valence-electron chi connectivity index (χ0n) is 17.5. The fraction of sp³-hybridized carbons (Fsp3) is 0.304. The van der Waals surface area contributed by atoms with Gasteiger partial charge in [0.1, 0.15) is 0 Å². The van der Waals surface area contributed by atoms with E-state index in [-0.39, 0.29) is 17.4 Å². The zero-order valence-corrected chi connectivity index (χ0v) is 18.3. The molecule has 0 aliphatic heterocycles. The summed E-state index contributed by atoms with van der Waals surface area (Å²) in [6.45, 7) is 6.78. The van der Waals surface area contributed by atoms with Gasteiger partial charge >= 0.3 is 0 Å². The minimum atomic E-state index is -0.0181. The molecule has 3 aromatic rings. The van der Waals surface area contributed by atoms with Crippen LogP contribution in [0.4, 0.5) is 5.69 Å². The second kappa shape index (κ2) is 10.2. The average molecular weight is 423 g/mol. The molecule has 0 saturated carbocycles. The van der Waals surface area contributed by atoms with Gasteiger partial charge in [0, 0.05) is 29.8 Å². The second-order valence-electron chi connectivity index (χ2n) is 6.95. The van der Waals surface area contributed by atoms with Gasteiger partial charge in [-0.15, -0.1) is 10.2 Å². The number of anilines is 1. The molecule has 0 saturated heterocycles. The molecule has 156 valence electrons. The summed E-state index contributed by atoms with van der Waals surface area (Å²) in [4.78, 5) is 24.3. The molecule has 0 unspecified atom stereocenters. The van der Waals surface area contributed by atoms with Gasteiger partial charge in [0.15, 0.2) is 16.8 Å². The van der Waals surface area contributed by atoms with E-state index in [2.05, 4.69) is 28.5 Å². The van der Waals surface area contributed by atoms with E-state index in [0.717, 1.165) is 35.1 Å². The summed E-state index contributed by atoms with van der Waals surface area (Å²) >= 11 is 1.39. The number of amides is 1. The third-order valence-corrected chi connectivity index (χ3v) is 5.69. The largest absolute Gasteiger partial charge is 0.326 e. The van der Waals surface area contributed by atoms with Crippen molar-refractivity contribution in [1.82, 2.24) is 14.8 Å². The molecule has 1 aromatic heterocycles. The van der Waals surface area contributed by atoms with E-state index in [1.807, 2.05) is 36.6 Å². The first-order valence-corrected chi connectivity index (χ1v) is 11.1. The molecule has 0 bridgehead atoms. The van der Waals surface area contributed by atoms with Crippen molar-refractivity contribution in [2.24, 2.45) is 0 Å². The summed E-state index contributed by atoms with van der Waals surface area (Å²) in [5, 5.41) is 12.2. The number of hydrogen-bond donors (Lipinski definition) is 1. The quantitative estimate of drug-likeness (QED) is 0.388. The number of aromatic nitrogens is 3. The van der Waals surface area contributed by atoms with E-state index < -0.39 is 0 Å². The summed E-state index contributed by atoms with van der Waals surface area (Å²) < 4.78 is 2.03. The fourth-order valence-corrected chi connectivity index (χ4v) is 4.00. The van der Waals surface area contributed by atoms with Crippen LogP contribution in [0, 0.1) is 6.92 Å². The maximum absolute atomic E-state index is 12.6. The van der Waals surface area contributed by atoms with Crippen LogP contribution in [0.15, 0.2) is 53.7 Å². The van der Waals surface area contributed by atoms with Crippen molar-refractivity contribution in [1.29, 1.82) is 0 Å². The molecule has 0 aliphatic carbocycles. The molecule has 0 spiro atoms. The standard InChI is InChI=1S/C23H26N4O2S/c1-4-8-21(29)24-18-13-11-17(12-14-18)20(28)15-30-23-26-25-22(27(23)5-2)19-10-7-6-9-16(19)3/h6-7,9-14H,4-5,8,15H2,1-3H3,(H,24,29). The normalized spacial score (nSPS) is 10.8. The lowest BCUT2D eigenvalue weighted by Gasteiger charge is -2.09. The molecule has 0 aliphatic rings. The predicted molar refractivity (Wildman–Crippen MR) is 121 cm³/mol. The SMILES string of the molecule is CCCC(=O)Nc1ccc(C(=O)CSc2nnc(-c3ccccc3C)n2CC)cc1. The highest BCUT2D eigenvalue weighted by atomic mass is 32.2. The van der Waals surface area contributed by atoms with E-state index in [0.29, 0.717) is 17.7 Å². The van der Waals surface area contributed by atoms with Gasteiger partial charge in [-0.3, -0.25) is 9.59 Å². The summed E-state index contributed by atoms with van der Waals surface area (Å²) in [5.74, 6) is 1.08. The topological polar surface area (TPSA) is 76.9 Å². The van der Waals surface area contributed by atoms with Gasteiger partial charge in [0.05, 0.1) is 5.75 Å². The maximum Gasteiger partial charge on any atom is 0.224 e. The Morgan fingerprint density at radius 1 is 1.03 bits per heavy atom. The molecule has 0 atom stereocenters. The summed E-state index contributed by atoms with van der Waals surface area (Å²) in [7, 11) is 0. The number of carbonyl (C=O) groups is 2. The number of thioether (sulfide) groups is 1. The Hall–Kier alpha value is -2.93. The smallest absolute Gasteiger partial charge is 0.224 e. The van der Waals surface area contributed by atoms with Gasteiger partial charge in [0.2, 0.25) is 5.91 Å². The van der Waals surface area contributed by atoms with Crippen LogP contribution < -0.4 is 5.32 Å². The second-order valence-corrected chi connectivity index (χ2v) is 7.90. The highest BCUT2D eigenvalue weighted by Gasteiger charge is 2.16. The van der Waals surface area contributed by atoms with Gasteiger partial charge in [-0.05, 0) is 50.1 Å². The van der Waals surface area contributed by atoms with Crippen molar-refractivity contribution in [2.45, 2.75) is 45.3 Å². The third-order valence-electron chi connectivity index (χ3n) is 4.72. The number of Topliss-reactive ketones (excluding diaryl/α,β-unsaturated/α-hetero) is 1. The van der Waals surface area contributed by atoms with Crippen molar-refractivity contribution in [2.75, 3.05) is 11.1 Å². The first-order chi connectivity index (χ1) is 14.5. The molecule has 3 rings (SSSR count). The Bertz CT molecular complexity index is 1030. The van der Waals surface area contributed by atoms with E-state index >= 15 is 0 Å². The zero-order chi connectivity index (χ0) is 21.5. The molecule has 30 heavy (non-hydrogen) atoms. The molecular formula is C23H26N4O2S. The predicted octanol–water partition coefficient (Wildman–Crippen LogP) is 4.99. The summed E-state index contributed by atoms with van der Waals surface area (Å²) in [6, 6.07) is 15.1. The van der Waals surface area contributed by atoms with Crippen molar-refractivity contribution in [3.8, 4) is 11.4 Å². The lowest BCUT2D eigenvalue weighted by Crippen LogP contribution is -2.11. The van der Waals surface area contributed by atoms with Crippen LogP contribution in [0.1, 0.15) is 42.6 Å². The van der Waals surface area contributed by atoms with Crippen LogP contribution in [0.2, 0.25) is 0 Å². The van der Waals surface area contributed by atoms with Gasteiger partial charge in [-0.1, -0.05) is 43.0 Å². The number of hydrogen-bond acceptors (Lipinski definition) is 5. The van der Waals surface area contributed by atoms with Crippen molar-refractivity contribution >= 4 is 29.1 Å². The van der Waals surface area contributed by atoms with Crippen LogP contribution >= 0.6 is 11.8 Å². The third kappa shape index (κ3) is 5.16. The lowest BCUT2D eigenvalue weighted by atomic mass is 10.1. The first kappa shape index (κ1) is 21.8. The molecule has 1 N–H and O–H groups in total. The molecule has 0 fully saturated rings. The van der Waals surface area contributed by atoms with Crippen molar-refractivity contribution < 1.29 is 9.59 Å². The van der Waals surface area contributed by atoms with E-state index in [1.165, 1.54) is 11.8 Å². The van der Waals surface area contributed by atoms with E-state index in [1.54, 1.807) is 24.3 Å². The Morgan fingerprint density at radius 2 is 1.77 bits per heavy atom. The van der Waals surface area contributed by atoms with Crippen LogP contribution in [0.5, 0.6) is 0 Å². The van der Waals surface area contributed by atoms with Crippen LogP contribution in [0.25, 0.3) is 11.4 Å². The molecule has 6 nitrogen and oxygen atoms in total. The van der Waals surface area contributed by atoms with Crippen LogP contribution in [-0.2, 0) is 11.3 Å². The molecule has 2 aromatic carbocycles. The molecule has 1 amide bonds. The molecular weight excluding hydrogens is 396 g/mol. The van der Waals surface area contributed by atoms with Crippen molar-refractivity contribution in [3.63, 3.8) is 0 Å². The number of aryl methyl sites for hydroxylation is 1. The average Bonchev–Trinajstić information content (AvgIpc) is 3.15.